The molecule has 0 aromatic rings. The number of amidine groups is 1. The molecule has 0 spiro atoms. The van der Waals surface area contributed by atoms with Crippen molar-refractivity contribution >= 4 is 5.84 Å². The number of hydrogen-bond donors (Lipinski definition) is 3. The molecule has 0 aromatic heterocycles. The fraction of sp³-hybridized carbons (Fsp3) is 0.545. The van der Waals surface area contributed by atoms with Gasteiger partial charge in [0, 0.05) is 6.20 Å². The van der Waals surface area contributed by atoms with E-state index < -0.39 is 30.7 Å². The highest BCUT2D eigenvalue weighted by atomic mass is 19.1. The number of hydrogen-bond acceptors (Lipinski definition) is 6. The van der Waals surface area contributed by atoms with Crippen LogP contribution in [0.4, 0.5) is 4.39 Å². The van der Waals surface area contributed by atoms with Gasteiger partial charge in [0.1, 0.15) is 23.9 Å². The molecule has 6 nitrogen and oxygen atoms in total. The van der Waals surface area contributed by atoms with Gasteiger partial charge in [-0.05, 0) is 13.0 Å². The lowest BCUT2D eigenvalue weighted by Crippen LogP contribution is -2.48. The van der Waals surface area contributed by atoms with E-state index in [2.05, 4.69) is 11.6 Å². The lowest BCUT2D eigenvalue weighted by atomic mass is 9.98. The number of rotatable bonds is 2. The van der Waals surface area contributed by atoms with E-state index in [0.29, 0.717) is 0 Å². The minimum absolute atomic E-state index is 0.217. The Balaban J connectivity index is 2.25. The van der Waals surface area contributed by atoms with Gasteiger partial charge in [-0.1, -0.05) is 6.58 Å². The number of aliphatic imine (C=N–C) groups is 1. The molecular weight excluding hydrogens is 241 g/mol. The predicted molar refractivity (Wildman–Crippen MR) is 63.0 cm³/mol. The smallest absolute Gasteiger partial charge is 0.181 e. The molecular formula is C11H16FN3O3. The van der Waals surface area contributed by atoms with Gasteiger partial charge >= 0.3 is 0 Å². The largest absolute Gasteiger partial charge is 0.394 e. The lowest BCUT2D eigenvalue weighted by Gasteiger charge is -2.34. The van der Waals surface area contributed by atoms with Gasteiger partial charge in [0.15, 0.2) is 11.9 Å². The molecule has 2 aliphatic heterocycles. The first kappa shape index (κ1) is 13.0. The Hall–Kier alpha value is -1.44. The van der Waals surface area contributed by atoms with Crippen LogP contribution in [0, 0.1) is 0 Å². The van der Waals surface area contributed by atoms with E-state index in [-0.39, 0.29) is 11.7 Å². The molecule has 1 saturated heterocycles. The van der Waals surface area contributed by atoms with Crippen LogP contribution >= 0.6 is 0 Å². The highest BCUT2D eigenvalue weighted by Gasteiger charge is 2.56. The molecule has 2 heterocycles. The van der Waals surface area contributed by atoms with Crippen molar-refractivity contribution < 1.29 is 19.3 Å². The molecule has 0 saturated carbocycles. The van der Waals surface area contributed by atoms with Crippen LogP contribution in [-0.4, -0.2) is 51.7 Å². The Morgan fingerprint density at radius 1 is 1.72 bits per heavy atom. The maximum Gasteiger partial charge on any atom is 0.181 e. The minimum Gasteiger partial charge on any atom is -0.394 e. The van der Waals surface area contributed by atoms with Crippen molar-refractivity contribution in [3.05, 3.63) is 24.7 Å². The molecule has 1 unspecified atom stereocenters. The number of ether oxygens (including phenoxy) is 1. The number of aliphatic hydroxyl groups excluding tert-OH is 2. The summed E-state index contributed by atoms with van der Waals surface area (Å²) in [5.74, 6) is 0.476. The van der Waals surface area contributed by atoms with Crippen molar-refractivity contribution in [2.75, 3.05) is 6.61 Å². The van der Waals surface area contributed by atoms with Crippen molar-refractivity contribution in [1.82, 2.24) is 4.90 Å². The maximum atomic E-state index is 14.5. The Morgan fingerprint density at radius 2 is 2.39 bits per heavy atom. The van der Waals surface area contributed by atoms with E-state index >= 15 is 0 Å². The van der Waals surface area contributed by atoms with E-state index in [1.165, 1.54) is 24.1 Å². The second kappa shape index (κ2) is 4.34. The predicted octanol–water partition coefficient (Wildman–Crippen LogP) is -0.550. The van der Waals surface area contributed by atoms with Gasteiger partial charge in [-0.2, -0.15) is 0 Å². The third-order valence-electron chi connectivity index (χ3n) is 3.11. The number of aliphatic hydroxyl groups is 2. The topological polar surface area (TPSA) is 91.3 Å². The van der Waals surface area contributed by atoms with Crippen molar-refractivity contribution in [2.24, 2.45) is 10.7 Å². The SMILES string of the molecule is C=C1N=C(N)C=CN1[C@@H]1O[C@H](CO)C(O)[C@@]1(C)F. The zero-order valence-corrected chi connectivity index (χ0v) is 9.95. The van der Waals surface area contributed by atoms with Gasteiger partial charge in [-0.3, -0.25) is 0 Å². The van der Waals surface area contributed by atoms with Crippen LogP contribution in [-0.2, 0) is 4.74 Å². The summed E-state index contributed by atoms with van der Waals surface area (Å²) in [5.41, 5.74) is 3.43. The molecule has 1 fully saturated rings. The molecule has 0 amide bonds. The molecule has 0 aromatic carbocycles. The van der Waals surface area contributed by atoms with Gasteiger partial charge in [-0.25, -0.2) is 9.38 Å². The lowest BCUT2D eigenvalue weighted by molar-refractivity contribution is -0.0765. The summed E-state index contributed by atoms with van der Waals surface area (Å²) in [4.78, 5) is 5.24. The number of nitrogens with zero attached hydrogens (tertiary/aromatic N) is 2. The average Bonchev–Trinajstić information content (AvgIpc) is 2.52. The van der Waals surface area contributed by atoms with Crippen molar-refractivity contribution in [3.8, 4) is 0 Å². The zero-order valence-electron chi connectivity index (χ0n) is 9.95. The Bertz CT molecular complexity index is 422. The van der Waals surface area contributed by atoms with Gasteiger partial charge in [0.25, 0.3) is 0 Å². The maximum absolute atomic E-state index is 14.5. The average molecular weight is 257 g/mol. The molecule has 4 N–H and O–H groups in total. The third kappa shape index (κ3) is 1.90. The molecule has 18 heavy (non-hydrogen) atoms. The summed E-state index contributed by atoms with van der Waals surface area (Å²) in [5, 5.41) is 18.8. The van der Waals surface area contributed by atoms with E-state index in [1.54, 1.807) is 0 Å². The van der Waals surface area contributed by atoms with Crippen LogP contribution in [0.3, 0.4) is 0 Å². The quantitative estimate of drug-likeness (QED) is 0.617. The number of alkyl halides is 1. The summed E-state index contributed by atoms with van der Waals surface area (Å²) >= 11 is 0. The normalized spacial score (nSPS) is 40.2. The van der Waals surface area contributed by atoms with Crippen LogP contribution in [0.25, 0.3) is 0 Å². The second-order valence-corrected chi connectivity index (χ2v) is 4.48. The van der Waals surface area contributed by atoms with Gasteiger partial charge in [-0.15, -0.1) is 0 Å². The zero-order chi connectivity index (χ0) is 13.5. The molecule has 2 aliphatic rings. The molecule has 0 radical (unpaired) electrons. The van der Waals surface area contributed by atoms with Gasteiger partial charge < -0.3 is 25.6 Å². The molecule has 0 bridgehead atoms. The van der Waals surface area contributed by atoms with Crippen LogP contribution in [0.15, 0.2) is 29.7 Å². The van der Waals surface area contributed by atoms with Crippen LogP contribution in [0.1, 0.15) is 6.92 Å². The van der Waals surface area contributed by atoms with Crippen molar-refractivity contribution in [1.29, 1.82) is 0 Å². The molecule has 4 atom stereocenters. The van der Waals surface area contributed by atoms with E-state index in [0.717, 1.165) is 0 Å². The van der Waals surface area contributed by atoms with Gasteiger partial charge in [0.2, 0.25) is 0 Å². The summed E-state index contributed by atoms with van der Waals surface area (Å²) < 4.78 is 19.8. The fourth-order valence-corrected chi connectivity index (χ4v) is 2.06. The molecule has 7 heteroatoms. The summed E-state index contributed by atoms with van der Waals surface area (Å²) in [7, 11) is 0. The van der Waals surface area contributed by atoms with Crippen LogP contribution < -0.4 is 5.73 Å². The Kier molecular flexibility index (Phi) is 3.14. The highest BCUT2D eigenvalue weighted by molar-refractivity contribution is 5.92. The van der Waals surface area contributed by atoms with Crippen LogP contribution in [0.5, 0.6) is 0 Å². The van der Waals surface area contributed by atoms with Gasteiger partial charge in [0.05, 0.1) is 6.61 Å². The molecule has 100 valence electrons. The van der Waals surface area contributed by atoms with Crippen molar-refractivity contribution in [2.45, 2.75) is 31.0 Å². The molecule has 0 aliphatic carbocycles. The fourth-order valence-electron chi connectivity index (χ4n) is 2.06. The second-order valence-electron chi connectivity index (χ2n) is 4.48. The standard InChI is InChI=1S/C11H16FN3O3/c1-6-14-8(13)3-4-15(6)10-11(2,12)9(17)7(5-16)18-10/h3-4,7,9-10,16-17H,1,5H2,2H3,(H2,13,14)/t7-,9?,10-,11-/m1/s1. The number of halogens is 1. The third-order valence-corrected chi connectivity index (χ3v) is 3.11. The van der Waals surface area contributed by atoms with Crippen molar-refractivity contribution in [3.63, 3.8) is 0 Å². The minimum atomic E-state index is -2.05. The highest BCUT2D eigenvalue weighted by Crippen LogP contribution is 2.38. The first-order valence-electron chi connectivity index (χ1n) is 5.51. The molecule has 2 rings (SSSR count). The number of nitrogens with two attached hydrogens (primary N) is 1. The van der Waals surface area contributed by atoms with E-state index in [1.807, 2.05) is 0 Å². The van der Waals surface area contributed by atoms with Crippen LogP contribution in [0.2, 0.25) is 0 Å². The summed E-state index contributed by atoms with van der Waals surface area (Å²) in [6.07, 6.45) is -0.538. The summed E-state index contributed by atoms with van der Waals surface area (Å²) in [6.45, 7) is 4.39. The first-order valence-corrected chi connectivity index (χ1v) is 5.51. The Morgan fingerprint density at radius 3 is 2.89 bits per heavy atom. The van der Waals surface area contributed by atoms with E-state index in [9.17, 15) is 9.50 Å². The summed E-state index contributed by atoms with van der Waals surface area (Å²) in [6, 6.07) is 0. The Labute approximate surface area is 104 Å². The monoisotopic (exact) mass is 257 g/mol. The first-order chi connectivity index (χ1) is 8.37. The van der Waals surface area contributed by atoms with E-state index in [4.69, 9.17) is 15.6 Å².